The molecule has 0 spiro atoms. The quantitative estimate of drug-likeness (QED) is 0.856. The Morgan fingerprint density at radius 3 is 2.00 bits per heavy atom. The van der Waals surface area contributed by atoms with E-state index in [0.29, 0.717) is 6.54 Å². The molecule has 0 atom stereocenters. The number of amides is 2. The summed E-state index contributed by atoms with van der Waals surface area (Å²) < 4.78 is 13.0. The van der Waals surface area contributed by atoms with Crippen LogP contribution >= 0.6 is 0 Å². The molecule has 2 amide bonds. The number of hydrogen-bond acceptors (Lipinski definition) is 4. The molecular formula is C19H30FN5O. The van der Waals surface area contributed by atoms with Gasteiger partial charge in [-0.15, -0.1) is 0 Å². The third-order valence-electron chi connectivity index (χ3n) is 5.28. The normalized spacial score (nSPS) is 19.6. The van der Waals surface area contributed by atoms with Crippen molar-refractivity contribution in [1.82, 2.24) is 20.0 Å². The van der Waals surface area contributed by atoms with Crippen LogP contribution in [0.15, 0.2) is 24.3 Å². The molecule has 0 unspecified atom stereocenters. The fourth-order valence-corrected chi connectivity index (χ4v) is 3.60. The zero-order valence-corrected chi connectivity index (χ0v) is 15.7. The predicted molar refractivity (Wildman–Crippen MR) is 102 cm³/mol. The summed E-state index contributed by atoms with van der Waals surface area (Å²) in [4.78, 5) is 21.0. The van der Waals surface area contributed by atoms with Gasteiger partial charge < -0.3 is 15.1 Å². The summed E-state index contributed by atoms with van der Waals surface area (Å²) in [7, 11) is 0. The maximum atomic E-state index is 13.0. The molecule has 0 aromatic heterocycles. The van der Waals surface area contributed by atoms with Crippen LogP contribution in [0, 0.1) is 5.82 Å². The lowest BCUT2D eigenvalue weighted by Crippen LogP contribution is -2.54. The lowest BCUT2D eigenvalue weighted by atomic mass is 10.2. The molecule has 2 saturated heterocycles. The molecule has 2 aliphatic rings. The largest absolute Gasteiger partial charge is 0.369 e. The lowest BCUT2D eigenvalue weighted by molar-refractivity contribution is 0.126. The molecule has 6 nitrogen and oxygen atoms in total. The van der Waals surface area contributed by atoms with Crippen molar-refractivity contribution in [3.63, 3.8) is 0 Å². The van der Waals surface area contributed by atoms with Crippen LogP contribution in [0.2, 0.25) is 0 Å². The van der Waals surface area contributed by atoms with E-state index >= 15 is 0 Å². The van der Waals surface area contributed by atoms with Gasteiger partial charge in [0.25, 0.3) is 0 Å². The Labute approximate surface area is 155 Å². The number of halogens is 1. The topological polar surface area (TPSA) is 42.1 Å². The second-order valence-corrected chi connectivity index (χ2v) is 6.97. The molecule has 1 aromatic carbocycles. The zero-order chi connectivity index (χ0) is 18.4. The van der Waals surface area contributed by atoms with Crippen molar-refractivity contribution in [3.8, 4) is 0 Å². The van der Waals surface area contributed by atoms with E-state index in [1.807, 2.05) is 24.0 Å². The van der Waals surface area contributed by atoms with Gasteiger partial charge in [-0.2, -0.15) is 0 Å². The number of nitrogens with one attached hydrogen (secondary N) is 1. The summed E-state index contributed by atoms with van der Waals surface area (Å²) in [6.07, 6.45) is 0. The number of benzene rings is 1. The van der Waals surface area contributed by atoms with Crippen molar-refractivity contribution in [2.24, 2.45) is 0 Å². The maximum Gasteiger partial charge on any atom is 0.317 e. The van der Waals surface area contributed by atoms with Crippen LogP contribution in [-0.4, -0.2) is 92.7 Å². The third-order valence-corrected chi connectivity index (χ3v) is 5.28. The van der Waals surface area contributed by atoms with Crippen LogP contribution in [0.25, 0.3) is 0 Å². The fraction of sp³-hybridized carbons (Fsp3) is 0.632. The van der Waals surface area contributed by atoms with E-state index in [1.165, 1.54) is 12.1 Å². The standard InChI is InChI=1S/C19H30FN5O/c1-2-21-19(26)25-15-11-23(12-16-25)8-7-22-9-13-24(14-10-22)18-5-3-17(20)4-6-18/h3-6H,2,7-16H2,1H3,(H,21,26). The van der Waals surface area contributed by atoms with Crippen molar-refractivity contribution in [1.29, 1.82) is 0 Å². The summed E-state index contributed by atoms with van der Waals surface area (Å²) in [5.74, 6) is -0.181. The molecule has 0 aliphatic carbocycles. The van der Waals surface area contributed by atoms with E-state index < -0.39 is 0 Å². The Morgan fingerprint density at radius 2 is 1.46 bits per heavy atom. The van der Waals surface area contributed by atoms with Crippen LogP contribution in [0.4, 0.5) is 14.9 Å². The average Bonchev–Trinajstić information content (AvgIpc) is 2.68. The van der Waals surface area contributed by atoms with Gasteiger partial charge in [0.15, 0.2) is 0 Å². The van der Waals surface area contributed by atoms with E-state index in [0.717, 1.165) is 71.1 Å². The van der Waals surface area contributed by atoms with Gasteiger partial charge >= 0.3 is 6.03 Å². The molecular weight excluding hydrogens is 333 g/mol. The minimum absolute atomic E-state index is 0.0593. The summed E-state index contributed by atoms with van der Waals surface area (Å²) in [6.45, 7) is 12.3. The first-order chi connectivity index (χ1) is 12.7. The highest BCUT2D eigenvalue weighted by Crippen LogP contribution is 2.16. The Balaban J connectivity index is 1.34. The number of carbonyl (C=O) groups is 1. The fourth-order valence-electron chi connectivity index (χ4n) is 3.60. The smallest absolute Gasteiger partial charge is 0.317 e. The molecule has 0 radical (unpaired) electrons. The van der Waals surface area contributed by atoms with Gasteiger partial charge in [0, 0.05) is 77.7 Å². The molecule has 3 rings (SSSR count). The summed E-state index contributed by atoms with van der Waals surface area (Å²) in [5, 5.41) is 2.87. The molecule has 26 heavy (non-hydrogen) atoms. The van der Waals surface area contributed by atoms with Crippen LogP contribution in [0.5, 0.6) is 0 Å². The van der Waals surface area contributed by atoms with Crippen molar-refractivity contribution in [2.45, 2.75) is 6.92 Å². The number of hydrogen-bond donors (Lipinski definition) is 1. The second-order valence-electron chi connectivity index (χ2n) is 6.97. The van der Waals surface area contributed by atoms with Crippen LogP contribution in [0.1, 0.15) is 6.92 Å². The Morgan fingerprint density at radius 1 is 0.923 bits per heavy atom. The molecule has 1 aromatic rings. The number of carbonyl (C=O) groups excluding carboxylic acids is 1. The molecule has 7 heteroatoms. The van der Waals surface area contributed by atoms with E-state index in [-0.39, 0.29) is 11.8 Å². The first kappa shape index (κ1) is 18.9. The minimum Gasteiger partial charge on any atom is -0.369 e. The zero-order valence-electron chi connectivity index (χ0n) is 15.7. The van der Waals surface area contributed by atoms with Gasteiger partial charge in [-0.05, 0) is 31.2 Å². The molecule has 0 bridgehead atoms. The molecule has 0 saturated carbocycles. The van der Waals surface area contributed by atoms with Crippen molar-refractivity contribution < 1.29 is 9.18 Å². The van der Waals surface area contributed by atoms with E-state index in [1.54, 1.807) is 0 Å². The van der Waals surface area contributed by atoms with Crippen LogP contribution in [0.3, 0.4) is 0 Å². The molecule has 2 aliphatic heterocycles. The second kappa shape index (κ2) is 9.19. The third kappa shape index (κ3) is 5.08. The summed E-state index contributed by atoms with van der Waals surface area (Å²) in [5.41, 5.74) is 1.10. The first-order valence-corrected chi connectivity index (χ1v) is 9.63. The Bertz CT molecular complexity index is 566. The first-order valence-electron chi connectivity index (χ1n) is 9.63. The molecule has 144 valence electrons. The molecule has 1 N–H and O–H groups in total. The van der Waals surface area contributed by atoms with E-state index in [4.69, 9.17) is 0 Å². The van der Waals surface area contributed by atoms with Crippen LogP contribution < -0.4 is 10.2 Å². The lowest BCUT2D eigenvalue weighted by Gasteiger charge is -2.38. The number of urea groups is 1. The molecule has 2 heterocycles. The number of piperazine rings is 2. The summed E-state index contributed by atoms with van der Waals surface area (Å²) in [6, 6.07) is 6.84. The van der Waals surface area contributed by atoms with Gasteiger partial charge in [-0.1, -0.05) is 0 Å². The van der Waals surface area contributed by atoms with Gasteiger partial charge in [-0.3, -0.25) is 9.80 Å². The highest BCUT2D eigenvalue weighted by atomic mass is 19.1. The average molecular weight is 363 g/mol. The number of nitrogens with zero attached hydrogens (tertiary/aromatic N) is 4. The SMILES string of the molecule is CCNC(=O)N1CCN(CCN2CCN(c3ccc(F)cc3)CC2)CC1. The molecule has 2 fully saturated rings. The Kier molecular flexibility index (Phi) is 6.68. The summed E-state index contributed by atoms with van der Waals surface area (Å²) >= 11 is 0. The Hall–Kier alpha value is -1.86. The van der Waals surface area contributed by atoms with Crippen molar-refractivity contribution in [2.75, 3.05) is 76.9 Å². The highest BCUT2D eigenvalue weighted by molar-refractivity contribution is 5.74. The van der Waals surface area contributed by atoms with Crippen molar-refractivity contribution >= 4 is 11.7 Å². The van der Waals surface area contributed by atoms with Gasteiger partial charge in [-0.25, -0.2) is 9.18 Å². The maximum absolute atomic E-state index is 13.0. The van der Waals surface area contributed by atoms with Gasteiger partial charge in [0.1, 0.15) is 5.82 Å². The predicted octanol–water partition coefficient (Wildman–Crippen LogP) is 1.29. The van der Waals surface area contributed by atoms with Crippen LogP contribution in [-0.2, 0) is 0 Å². The minimum atomic E-state index is -0.181. The number of rotatable bonds is 5. The van der Waals surface area contributed by atoms with Gasteiger partial charge in [0.2, 0.25) is 0 Å². The number of anilines is 1. The van der Waals surface area contributed by atoms with Gasteiger partial charge in [0.05, 0.1) is 0 Å². The highest BCUT2D eigenvalue weighted by Gasteiger charge is 2.22. The van der Waals surface area contributed by atoms with E-state index in [2.05, 4.69) is 20.0 Å². The monoisotopic (exact) mass is 363 g/mol. The van der Waals surface area contributed by atoms with E-state index in [9.17, 15) is 9.18 Å². The van der Waals surface area contributed by atoms with Crippen molar-refractivity contribution in [3.05, 3.63) is 30.1 Å².